The highest BCUT2D eigenvalue weighted by atomic mass is 32.2. The highest BCUT2D eigenvalue weighted by Gasteiger charge is 2.29. The van der Waals surface area contributed by atoms with Crippen LogP contribution in [-0.2, 0) is 10.1 Å². The number of aryl methyl sites for hydroxylation is 1. The monoisotopic (exact) mass is 344 g/mol. The third kappa shape index (κ3) is 2.69. The van der Waals surface area contributed by atoms with Gasteiger partial charge in [0.25, 0.3) is 0 Å². The summed E-state index contributed by atoms with van der Waals surface area (Å²) in [4.78, 5) is 23.8. The maximum atomic E-state index is 12.4. The summed E-state index contributed by atoms with van der Waals surface area (Å²) in [5.41, 5.74) is 0.346. The van der Waals surface area contributed by atoms with Crippen molar-refractivity contribution in [2.45, 2.75) is 11.8 Å². The van der Waals surface area contributed by atoms with Gasteiger partial charge >= 0.3 is 10.1 Å². The molecule has 0 unspecified atom stereocenters. The molecule has 1 aliphatic carbocycles. The summed E-state index contributed by atoms with van der Waals surface area (Å²) in [5.74, 6) is -1.92. The number of ketones is 2. The molecule has 0 fully saturated rings. The van der Waals surface area contributed by atoms with Gasteiger partial charge in [0, 0.05) is 0 Å². The topological polar surface area (TPSA) is 97.7 Å². The smallest absolute Gasteiger partial charge is 0.339 e. The van der Waals surface area contributed by atoms with Crippen LogP contribution in [0, 0.1) is 6.92 Å². The number of benzene rings is 2. The molecule has 2 aromatic carbocycles. The van der Waals surface area contributed by atoms with E-state index in [9.17, 15) is 23.1 Å². The first kappa shape index (κ1) is 15.9. The second kappa shape index (κ2) is 5.61. The summed E-state index contributed by atoms with van der Waals surface area (Å²) < 4.78 is 29.8. The molecule has 0 aliphatic heterocycles. The molecule has 3 rings (SSSR count). The molecule has 0 spiro atoms. The van der Waals surface area contributed by atoms with Gasteiger partial charge < -0.3 is 9.29 Å². The number of rotatable bonds is 3. The molecule has 7 heteroatoms. The van der Waals surface area contributed by atoms with Gasteiger partial charge in [-0.15, -0.1) is 0 Å². The molecule has 0 heterocycles. The van der Waals surface area contributed by atoms with Crippen LogP contribution < -0.4 is 4.18 Å². The molecule has 0 amide bonds. The second-order valence-corrected chi connectivity index (χ2v) is 6.79. The Bertz CT molecular complexity index is 984. The van der Waals surface area contributed by atoms with E-state index in [4.69, 9.17) is 4.18 Å². The number of phenolic OH excluding ortho intramolecular Hbond substituents is 1. The zero-order valence-corrected chi connectivity index (χ0v) is 13.3. The molecule has 0 saturated heterocycles. The Morgan fingerprint density at radius 3 is 2.08 bits per heavy atom. The first-order valence-electron chi connectivity index (χ1n) is 6.93. The Labute approximate surface area is 138 Å². The van der Waals surface area contributed by atoms with Crippen molar-refractivity contribution in [3.63, 3.8) is 0 Å². The number of hydrogen-bond acceptors (Lipinski definition) is 6. The van der Waals surface area contributed by atoms with E-state index in [1.807, 2.05) is 6.92 Å². The zero-order valence-electron chi connectivity index (χ0n) is 12.5. The Morgan fingerprint density at radius 1 is 0.875 bits per heavy atom. The number of allylic oxidation sites excluding steroid dienone is 2. The lowest BCUT2D eigenvalue weighted by Gasteiger charge is -2.15. The minimum atomic E-state index is -4.19. The molecule has 0 atom stereocenters. The minimum Gasteiger partial charge on any atom is -0.507 e. The molecule has 1 aliphatic rings. The molecule has 24 heavy (non-hydrogen) atoms. The number of phenols is 1. The molecule has 0 saturated carbocycles. The lowest BCUT2D eigenvalue weighted by atomic mass is 9.93. The Balaban J connectivity index is 2.09. The van der Waals surface area contributed by atoms with Crippen molar-refractivity contribution in [2.24, 2.45) is 0 Å². The SMILES string of the molecule is Cc1ccc(S(=O)(=O)Oc2ccc(O)c3c2C(=O)C=CC3=O)cc1. The highest BCUT2D eigenvalue weighted by Crippen LogP contribution is 2.34. The van der Waals surface area contributed by atoms with Crippen LogP contribution in [0.1, 0.15) is 26.3 Å². The number of carbonyl (C=O) groups is 2. The van der Waals surface area contributed by atoms with Crippen LogP contribution in [0.2, 0.25) is 0 Å². The fraction of sp³-hybridized carbons (Fsp3) is 0.0588. The maximum Gasteiger partial charge on any atom is 0.339 e. The molecule has 1 N–H and O–H groups in total. The van der Waals surface area contributed by atoms with Crippen LogP contribution in [0.4, 0.5) is 0 Å². The van der Waals surface area contributed by atoms with Crippen molar-refractivity contribution >= 4 is 21.7 Å². The first-order chi connectivity index (χ1) is 11.3. The lowest BCUT2D eigenvalue weighted by molar-refractivity contribution is 0.0990. The van der Waals surface area contributed by atoms with Gasteiger partial charge in [0.1, 0.15) is 10.6 Å². The maximum absolute atomic E-state index is 12.4. The molecule has 2 aromatic rings. The zero-order chi connectivity index (χ0) is 17.5. The molecule has 0 radical (unpaired) electrons. The number of fused-ring (bicyclic) bond motifs is 1. The van der Waals surface area contributed by atoms with E-state index in [2.05, 4.69) is 0 Å². The van der Waals surface area contributed by atoms with E-state index in [1.54, 1.807) is 12.1 Å². The fourth-order valence-corrected chi connectivity index (χ4v) is 3.27. The molecular formula is C17H12O6S. The molecular weight excluding hydrogens is 332 g/mol. The Morgan fingerprint density at radius 2 is 1.46 bits per heavy atom. The fourth-order valence-electron chi connectivity index (χ4n) is 2.33. The molecule has 0 bridgehead atoms. The average Bonchev–Trinajstić information content (AvgIpc) is 2.53. The summed E-state index contributed by atoms with van der Waals surface area (Å²) in [6, 6.07) is 8.24. The van der Waals surface area contributed by atoms with Gasteiger partial charge in [0.2, 0.25) is 0 Å². The van der Waals surface area contributed by atoms with Gasteiger partial charge in [-0.3, -0.25) is 9.59 Å². The molecule has 122 valence electrons. The van der Waals surface area contributed by atoms with Crippen molar-refractivity contribution in [2.75, 3.05) is 0 Å². The highest BCUT2D eigenvalue weighted by molar-refractivity contribution is 7.87. The number of hydrogen-bond donors (Lipinski definition) is 1. The standard InChI is InChI=1S/C17H12O6S/c1-10-2-4-11(5-3-10)24(21,22)23-15-9-8-13(19)16-12(18)6-7-14(20)17(15)16/h2-9,19H,1H3. The molecule has 6 nitrogen and oxygen atoms in total. The van der Waals surface area contributed by atoms with Crippen molar-refractivity contribution in [3.8, 4) is 11.5 Å². The summed E-state index contributed by atoms with van der Waals surface area (Å²) in [5, 5.41) is 9.80. The summed E-state index contributed by atoms with van der Waals surface area (Å²) in [6.45, 7) is 1.81. The average molecular weight is 344 g/mol. The van der Waals surface area contributed by atoms with Crippen molar-refractivity contribution < 1.29 is 27.3 Å². The van der Waals surface area contributed by atoms with E-state index in [0.717, 1.165) is 29.8 Å². The van der Waals surface area contributed by atoms with Crippen LogP contribution in [0.15, 0.2) is 53.4 Å². The van der Waals surface area contributed by atoms with Gasteiger partial charge in [-0.2, -0.15) is 8.42 Å². The minimum absolute atomic E-state index is 0.0833. The van der Waals surface area contributed by atoms with Gasteiger partial charge in [-0.05, 0) is 43.3 Å². The van der Waals surface area contributed by atoms with Crippen molar-refractivity contribution in [1.29, 1.82) is 0 Å². The van der Waals surface area contributed by atoms with E-state index >= 15 is 0 Å². The third-order valence-electron chi connectivity index (χ3n) is 3.53. The largest absolute Gasteiger partial charge is 0.507 e. The van der Waals surface area contributed by atoms with Crippen LogP contribution in [0.3, 0.4) is 0 Å². The third-order valence-corrected chi connectivity index (χ3v) is 4.78. The quantitative estimate of drug-likeness (QED) is 0.859. The summed E-state index contributed by atoms with van der Waals surface area (Å²) in [6.07, 6.45) is 2.03. The first-order valence-corrected chi connectivity index (χ1v) is 8.34. The van der Waals surface area contributed by atoms with E-state index < -0.39 is 27.4 Å². The Kier molecular flexibility index (Phi) is 3.73. The van der Waals surface area contributed by atoms with Gasteiger partial charge in [-0.25, -0.2) is 0 Å². The predicted molar refractivity (Wildman–Crippen MR) is 84.9 cm³/mol. The van der Waals surface area contributed by atoms with Crippen LogP contribution in [0.5, 0.6) is 11.5 Å². The van der Waals surface area contributed by atoms with Gasteiger partial charge in [-0.1, -0.05) is 17.7 Å². The van der Waals surface area contributed by atoms with Crippen LogP contribution in [0.25, 0.3) is 0 Å². The number of carbonyl (C=O) groups excluding carboxylic acids is 2. The van der Waals surface area contributed by atoms with E-state index in [0.29, 0.717) is 0 Å². The Hall–Kier alpha value is -2.93. The summed E-state index contributed by atoms with van der Waals surface area (Å²) in [7, 11) is -4.19. The van der Waals surface area contributed by atoms with Gasteiger partial charge in [0.15, 0.2) is 17.3 Å². The summed E-state index contributed by atoms with van der Waals surface area (Å²) >= 11 is 0. The van der Waals surface area contributed by atoms with Crippen molar-refractivity contribution in [3.05, 3.63) is 65.2 Å². The van der Waals surface area contributed by atoms with Gasteiger partial charge in [0.05, 0.1) is 11.1 Å². The van der Waals surface area contributed by atoms with E-state index in [1.165, 1.54) is 12.1 Å². The van der Waals surface area contributed by atoms with E-state index in [-0.39, 0.29) is 21.8 Å². The second-order valence-electron chi connectivity index (χ2n) is 5.25. The lowest BCUT2D eigenvalue weighted by Crippen LogP contribution is -2.17. The molecule has 0 aromatic heterocycles. The van der Waals surface area contributed by atoms with Crippen molar-refractivity contribution in [1.82, 2.24) is 0 Å². The van der Waals surface area contributed by atoms with Crippen LogP contribution in [-0.4, -0.2) is 25.1 Å². The predicted octanol–water partition coefficient (Wildman–Crippen LogP) is 2.40. The number of aromatic hydroxyl groups is 1. The van der Waals surface area contributed by atoms with Crippen LogP contribution >= 0.6 is 0 Å². The normalized spacial score (nSPS) is 13.7.